The molecule has 0 amide bonds. The SMILES string of the molecule is CCOC1(C(N)c2ccc(OC)c(F)c2)CCCCC1. The second kappa shape index (κ2) is 6.55. The van der Waals surface area contributed by atoms with Crippen molar-refractivity contribution in [2.75, 3.05) is 13.7 Å². The van der Waals surface area contributed by atoms with Crippen LogP contribution in [0.4, 0.5) is 4.39 Å². The molecule has 0 bridgehead atoms. The summed E-state index contributed by atoms with van der Waals surface area (Å²) in [6.45, 7) is 2.62. The Hall–Kier alpha value is -1.13. The number of hydrogen-bond donors (Lipinski definition) is 1. The standard InChI is InChI=1S/C16H24FNO2/c1-3-20-16(9-5-4-6-10-16)15(18)12-7-8-14(19-2)13(17)11-12/h7-8,11,15H,3-6,9-10,18H2,1-2H3. The van der Waals surface area contributed by atoms with Crippen molar-refractivity contribution in [3.63, 3.8) is 0 Å². The average Bonchev–Trinajstić information content (AvgIpc) is 2.47. The summed E-state index contributed by atoms with van der Waals surface area (Å²) in [4.78, 5) is 0. The van der Waals surface area contributed by atoms with Crippen molar-refractivity contribution in [3.8, 4) is 5.75 Å². The summed E-state index contributed by atoms with van der Waals surface area (Å²) in [5.74, 6) is -0.127. The highest BCUT2D eigenvalue weighted by Crippen LogP contribution is 2.40. The van der Waals surface area contributed by atoms with Gasteiger partial charge in [-0.05, 0) is 37.5 Å². The molecule has 20 heavy (non-hydrogen) atoms. The molecule has 0 aliphatic heterocycles. The molecule has 1 unspecified atom stereocenters. The molecule has 0 heterocycles. The highest BCUT2D eigenvalue weighted by atomic mass is 19.1. The third-order valence-corrected chi connectivity index (χ3v) is 4.23. The second-order valence-corrected chi connectivity index (χ2v) is 5.43. The van der Waals surface area contributed by atoms with E-state index in [1.54, 1.807) is 6.07 Å². The minimum Gasteiger partial charge on any atom is -0.494 e. The van der Waals surface area contributed by atoms with Gasteiger partial charge in [0.25, 0.3) is 0 Å². The minimum atomic E-state index is -0.372. The highest BCUT2D eigenvalue weighted by Gasteiger charge is 2.39. The summed E-state index contributed by atoms with van der Waals surface area (Å²) in [5.41, 5.74) is 6.84. The summed E-state index contributed by atoms with van der Waals surface area (Å²) in [6, 6.07) is 4.64. The van der Waals surface area contributed by atoms with Gasteiger partial charge in [-0.15, -0.1) is 0 Å². The van der Waals surface area contributed by atoms with Crippen LogP contribution in [-0.2, 0) is 4.74 Å². The molecular formula is C16H24FNO2. The van der Waals surface area contributed by atoms with Gasteiger partial charge in [0.05, 0.1) is 18.8 Å². The van der Waals surface area contributed by atoms with Gasteiger partial charge in [0, 0.05) is 6.61 Å². The Labute approximate surface area is 120 Å². The van der Waals surface area contributed by atoms with E-state index >= 15 is 0 Å². The normalized spacial score (nSPS) is 19.6. The zero-order chi connectivity index (χ0) is 14.6. The molecular weight excluding hydrogens is 257 g/mol. The van der Waals surface area contributed by atoms with Crippen molar-refractivity contribution in [1.29, 1.82) is 0 Å². The summed E-state index contributed by atoms with van der Waals surface area (Å²) in [5, 5.41) is 0. The number of hydrogen-bond acceptors (Lipinski definition) is 3. The second-order valence-electron chi connectivity index (χ2n) is 5.43. The first-order chi connectivity index (χ1) is 9.63. The molecule has 0 radical (unpaired) electrons. The Kier molecular flexibility index (Phi) is 5.00. The maximum absolute atomic E-state index is 13.9. The lowest BCUT2D eigenvalue weighted by atomic mass is 9.77. The molecule has 2 rings (SSSR count). The highest BCUT2D eigenvalue weighted by molar-refractivity contribution is 5.32. The van der Waals surface area contributed by atoms with Crippen LogP contribution in [0.2, 0.25) is 0 Å². The van der Waals surface area contributed by atoms with E-state index in [-0.39, 0.29) is 23.2 Å². The smallest absolute Gasteiger partial charge is 0.165 e. The number of nitrogens with two attached hydrogens (primary N) is 1. The van der Waals surface area contributed by atoms with Gasteiger partial charge in [-0.25, -0.2) is 4.39 Å². The van der Waals surface area contributed by atoms with E-state index in [0.29, 0.717) is 6.61 Å². The van der Waals surface area contributed by atoms with E-state index in [0.717, 1.165) is 31.2 Å². The van der Waals surface area contributed by atoms with Crippen molar-refractivity contribution in [1.82, 2.24) is 0 Å². The predicted octanol–water partition coefficient (Wildman–Crippen LogP) is 3.57. The molecule has 112 valence electrons. The molecule has 0 spiro atoms. The van der Waals surface area contributed by atoms with Crippen LogP contribution in [0.15, 0.2) is 18.2 Å². The molecule has 1 saturated carbocycles. The molecule has 1 atom stereocenters. The first kappa shape index (κ1) is 15.3. The van der Waals surface area contributed by atoms with Gasteiger partial charge in [-0.3, -0.25) is 0 Å². The summed E-state index contributed by atoms with van der Waals surface area (Å²) in [6.07, 6.45) is 5.34. The van der Waals surface area contributed by atoms with Crippen molar-refractivity contribution >= 4 is 0 Å². The lowest BCUT2D eigenvalue weighted by Crippen LogP contribution is -2.45. The van der Waals surface area contributed by atoms with Crippen molar-refractivity contribution in [2.45, 2.75) is 50.7 Å². The average molecular weight is 281 g/mol. The quantitative estimate of drug-likeness (QED) is 0.897. The lowest BCUT2D eigenvalue weighted by molar-refractivity contribution is -0.0831. The number of methoxy groups -OCH3 is 1. The van der Waals surface area contributed by atoms with Gasteiger partial charge in [0.2, 0.25) is 0 Å². The summed E-state index contributed by atoms with van der Waals surface area (Å²) in [7, 11) is 1.46. The zero-order valence-electron chi connectivity index (χ0n) is 12.3. The molecule has 1 fully saturated rings. The van der Waals surface area contributed by atoms with E-state index in [9.17, 15) is 4.39 Å². The van der Waals surface area contributed by atoms with Crippen LogP contribution in [0.1, 0.15) is 50.6 Å². The largest absolute Gasteiger partial charge is 0.494 e. The number of halogens is 1. The van der Waals surface area contributed by atoms with E-state index in [1.165, 1.54) is 19.6 Å². The van der Waals surface area contributed by atoms with Crippen LogP contribution in [0.25, 0.3) is 0 Å². The molecule has 2 N–H and O–H groups in total. The molecule has 1 aliphatic carbocycles. The van der Waals surface area contributed by atoms with Gasteiger partial charge >= 0.3 is 0 Å². The Balaban J connectivity index is 2.26. The molecule has 0 aromatic heterocycles. The van der Waals surface area contributed by atoms with E-state index in [4.69, 9.17) is 15.2 Å². The summed E-state index contributed by atoms with van der Waals surface area (Å²) < 4.78 is 24.8. The third-order valence-electron chi connectivity index (χ3n) is 4.23. The van der Waals surface area contributed by atoms with Crippen molar-refractivity contribution < 1.29 is 13.9 Å². The molecule has 1 aromatic rings. The van der Waals surface area contributed by atoms with Gasteiger partial charge < -0.3 is 15.2 Å². The van der Waals surface area contributed by atoms with Crippen molar-refractivity contribution in [3.05, 3.63) is 29.6 Å². The Morgan fingerprint density at radius 3 is 2.55 bits per heavy atom. The van der Waals surface area contributed by atoms with E-state index in [2.05, 4.69) is 0 Å². The van der Waals surface area contributed by atoms with Gasteiger partial charge in [0.1, 0.15) is 0 Å². The maximum atomic E-state index is 13.9. The summed E-state index contributed by atoms with van der Waals surface area (Å²) >= 11 is 0. The fourth-order valence-electron chi connectivity index (χ4n) is 3.16. The van der Waals surface area contributed by atoms with Crippen LogP contribution >= 0.6 is 0 Å². The van der Waals surface area contributed by atoms with Crippen LogP contribution in [-0.4, -0.2) is 19.3 Å². The van der Waals surface area contributed by atoms with E-state index in [1.807, 2.05) is 13.0 Å². The van der Waals surface area contributed by atoms with Crippen molar-refractivity contribution in [2.24, 2.45) is 5.73 Å². The van der Waals surface area contributed by atoms with Crippen LogP contribution < -0.4 is 10.5 Å². The first-order valence-electron chi connectivity index (χ1n) is 7.36. The van der Waals surface area contributed by atoms with Gasteiger partial charge in [-0.2, -0.15) is 0 Å². The fraction of sp³-hybridized carbons (Fsp3) is 0.625. The number of ether oxygens (including phenoxy) is 2. The first-order valence-corrected chi connectivity index (χ1v) is 7.36. The maximum Gasteiger partial charge on any atom is 0.165 e. The predicted molar refractivity (Wildman–Crippen MR) is 77.3 cm³/mol. The van der Waals surface area contributed by atoms with Gasteiger partial charge in [-0.1, -0.05) is 25.3 Å². The van der Waals surface area contributed by atoms with Crippen LogP contribution in [0.5, 0.6) is 5.75 Å². The zero-order valence-corrected chi connectivity index (χ0v) is 12.3. The van der Waals surface area contributed by atoms with Crippen LogP contribution in [0, 0.1) is 5.82 Å². The van der Waals surface area contributed by atoms with E-state index < -0.39 is 0 Å². The molecule has 1 aliphatic rings. The lowest BCUT2D eigenvalue weighted by Gasteiger charge is -2.41. The van der Waals surface area contributed by atoms with Gasteiger partial charge in [0.15, 0.2) is 11.6 Å². The molecule has 1 aromatic carbocycles. The Morgan fingerprint density at radius 2 is 2.00 bits per heavy atom. The molecule has 4 heteroatoms. The molecule has 0 saturated heterocycles. The monoisotopic (exact) mass is 281 g/mol. The Bertz CT molecular complexity index is 439. The minimum absolute atomic E-state index is 0.245. The third kappa shape index (κ3) is 2.96. The van der Waals surface area contributed by atoms with Crippen LogP contribution in [0.3, 0.4) is 0 Å². The topological polar surface area (TPSA) is 44.5 Å². The number of benzene rings is 1. The number of rotatable bonds is 5. The fourth-order valence-corrected chi connectivity index (χ4v) is 3.16. The molecule has 3 nitrogen and oxygen atoms in total. The Morgan fingerprint density at radius 1 is 1.30 bits per heavy atom.